The van der Waals surface area contributed by atoms with Crippen LogP contribution in [0.3, 0.4) is 0 Å². The van der Waals surface area contributed by atoms with Crippen LogP contribution in [0.1, 0.15) is 37.6 Å². The van der Waals surface area contributed by atoms with E-state index in [4.69, 9.17) is 32.5 Å². The van der Waals surface area contributed by atoms with Crippen molar-refractivity contribution in [1.29, 1.82) is 0 Å². The van der Waals surface area contributed by atoms with Crippen LogP contribution >= 0.6 is 23.2 Å². The molecular weight excluding hydrogens is 428 g/mol. The Kier molecular flexibility index (Phi) is 10.4. The Morgan fingerprint density at radius 2 is 1.87 bits per heavy atom. The molecule has 10 heteroatoms. The molecule has 2 N–H and O–H groups in total. The summed E-state index contributed by atoms with van der Waals surface area (Å²) in [5.74, 6) is -0.759. The third-order valence-corrected chi connectivity index (χ3v) is 5.37. The molecule has 1 heterocycles. The lowest BCUT2D eigenvalue weighted by Gasteiger charge is -2.30. The van der Waals surface area contributed by atoms with Gasteiger partial charge in [-0.25, -0.2) is 0 Å². The molecule has 30 heavy (non-hydrogen) atoms. The first-order valence-electron chi connectivity index (χ1n) is 10.3. The second-order valence-corrected chi connectivity index (χ2v) is 8.50. The van der Waals surface area contributed by atoms with Gasteiger partial charge in [0.1, 0.15) is 0 Å². The Hall–Kier alpha value is -1.32. The standard InChI is InChI=1S/C20H30BCl2N3O4/c1-4-26-7-9-29-21(30-10-8-26)18(11-14(2)3)25-19(27)13-24-20(28)16-12-15(22)5-6-17(16)23/h5-6,12,14,18H,4,7-11,13H2,1-3H3,(H,24,28)(H,25,27)/t18-/m0/s1. The summed E-state index contributed by atoms with van der Waals surface area (Å²) in [5, 5.41) is 6.20. The highest BCUT2D eigenvalue weighted by molar-refractivity contribution is 6.47. The van der Waals surface area contributed by atoms with Crippen LogP contribution in [0.15, 0.2) is 18.2 Å². The van der Waals surface area contributed by atoms with E-state index in [9.17, 15) is 9.59 Å². The minimum Gasteiger partial charge on any atom is -0.408 e. The third kappa shape index (κ3) is 8.08. The summed E-state index contributed by atoms with van der Waals surface area (Å²) in [6, 6.07) is 4.60. The molecular formula is C20H30BCl2N3O4. The fourth-order valence-corrected chi connectivity index (χ4v) is 3.61. The molecule has 1 aliphatic rings. The van der Waals surface area contributed by atoms with E-state index in [2.05, 4.69) is 36.3 Å². The molecule has 2 amide bonds. The number of amides is 2. The summed E-state index contributed by atoms with van der Waals surface area (Å²) in [6.45, 7) is 9.73. The van der Waals surface area contributed by atoms with Gasteiger partial charge in [0.2, 0.25) is 5.91 Å². The average Bonchev–Trinajstić information content (AvgIpc) is 2.67. The number of benzene rings is 1. The second-order valence-electron chi connectivity index (χ2n) is 7.65. The molecule has 0 aromatic heterocycles. The van der Waals surface area contributed by atoms with Gasteiger partial charge in [0.25, 0.3) is 5.91 Å². The highest BCUT2D eigenvalue weighted by Gasteiger charge is 2.33. The highest BCUT2D eigenvalue weighted by atomic mass is 35.5. The SMILES string of the molecule is CCN1CCOB([C@H](CC(C)C)NC(=O)CNC(=O)c2cc(Cl)ccc2Cl)OCC1. The Labute approximate surface area is 188 Å². The highest BCUT2D eigenvalue weighted by Crippen LogP contribution is 2.20. The number of nitrogens with one attached hydrogen (secondary N) is 2. The van der Waals surface area contributed by atoms with E-state index in [0.29, 0.717) is 30.6 Å². The van der Waals surface area contributed by atoms with Crippen molar-refractivity contribution in [3.8, 4) is 0 Å². The van der Waals surface area contributed by atoms with Crippen molar-refractivity contribution < 1.29 is 18.9 Å². The van der Waals surface area contributed by atoms with Crippen molar-refractivity contribution in [3.63, 3.8) is 0 Å². The zero-order valence-corrected chi connectivity index (χ0v) is 19.3. The van der Waals surface area contributed by atoms with Crippen LogP contribution in [0.25, 0.3) is 0 Å². The lowest BCUT2D eigenvalue weighted by molar-refractivity contribution is -0.120. The maximum absolute atomic E-state index is 12.5. The molecule has 1 atom stereocenters. The van der Waals surface area contributed by atoms with E-state index >= 15 is 0 Å². The van der Waals surface area contributed by atoms with Gasteiger partial charge in [0.05, 0.1) is 23.1 Å². The normalized spacial score (nSPS) is 16.7. The van der Waals surface area contributed by atoms with E-state index in [1.165, 1.54) is 6.07 Å². The van der Waals surface area contributed by atoms with Gasteiger partial charge < -0.3 is 19.9 Å². The number of likely N-dealkylation sites (N-methyl/N-ethyl adjacent to an activating group) is 1. The number of carbonyl (C=O) groups is 2. The van der Waals surface area contributed by atoms with Crippen LogP contribution < -0.4 is 10.6 Å². The smallest absolute Gasteiger partial charge is 0.408 e. The summed E-state index contributed by atoms with van der Waals surface area (Å²) >= 11 is 12.0. The van der Waals surface area contributed by atoms with Gasteiger partial charge in [-0.15, -0.1) is 0 Å². The molecule has 0 aliphatic carbocycles. The van der Waals surface area contributed by atoms with Gasteiger partial charge in [0.15, 0.2) is 0 Å². The Balaban J connectivity index is 1.92. The number of hydrogen-bond acceptors (Lipinski definition) is 5. The first-order valence-corrected chi connectivity index (χ1v) is 11.0. The van der Waals surface area contributed by atoms with Crippen molar-refractivity contribution in [2.75, 3.05) is 39.4 Å². The summed E-state index contributed by atoms with van der Waals surface area (Å²) in [4.78, 5) is 27.1. The van der Waals surface area contributed by atoms with Crippen LogP contribution in [0.2, 0.25) is 10.0 Å². The number of nitrogens with zero attached hydrogens (tertiary/aromatic N) is 1. The predicted octanol–water partition coefficient (Wildman–Crippen LogP) is 2.65. The minimum atomic E-state index is -0.520. The average molecular weight is 458 g/mol. The quantitative estimate of drug-likeness (QED) is 0.586. The number of hydrogen-bond donors (Lipinski definition) is 2. The largest absolute Gasteiger partial charge is 0.480 e. The van der Waals surface area contributed by atoms with Gasteiger partial charge >= 0.3 is 7.12 Å². The summed E-state index contributed by atoms with van der Waals surface area (Å²) in [5.41, 5.74) is 0.225. The molecule has 166 valence electrons. The van der Waals surface area contributed by atoms with Crippen molar-refractivity contribution in [2.24, 2.45) is 5.92 Å². The second kappa shape index (κ2) is 12.5. The summed E-state index contributed by atoms with van der Waals surface area (Å²) in [6.07, 6.45) is 0.696. The molecule has 0 unspecified atom stereocenters. The fraction of sp³-hybridized carbons (Fsp3) is 0.600. The monoisotopic (exact) mass is 457 g/mol. The van der Waals surface area contributed by atoms with Gasteiger partial charge in [-0.1, -0.05) is 44.0 Å². The number of halogens is 2. The molecule has 0 bridgehead atoms. The van der Waals surface area contributed by atoms with E-state index in [1.54, 1.807) is 12.1 Å². The fourth-order valence-electron chi connectivity index (χ4n) is 3.24. The summed E-state index contributed by atoms with van der Waals surface area (Å²) < 4.78 is 11.8. The molecule has 0 spiro atoms. The maximum atomic E-state index is 12.5. The van der Waals surface area contributed by atoms with Crippen LogP contribution in [0.5, 0.6) is 0 Å². The van der Waals surface area contributed by atoms with Gasteiger partial charge in [0, 0.05) is 31.3 Å². The van der Waals surface area contributed by atoms with E-state index < -0.39 is 13.0 Å². The molecule has 7 nitrogen and oxygen atoms in total. The van der Waals surface area contributed by atoms with Crippen LogP contribution in [0, 0.1) is 5.92 Å². The van der Waals surface area contributed by atoms with E-state index in [0.717, 1.165) is 19.6 Å². The Morgan fingerprint density at radius 3 is 2.47 bits per heavy atom. The Bertz CT molecular complexity index is 713. The lowest BCUT2D eigenvalue weighted by atomic mass is 9.73. The van der Waals surface area contributed by atoms with Crippen LogP contribution in [-0.4, -0.2) is 69.2 Å². The molecule has 0 saturated carbocycles. The molecule has 1 fully saturated rings. The molecule has 1 aromatic rings. The van der Waals surface area contributed by atoms with Crippen molar-refractivity contribution in [3.05, 3.63) is 33.8 Å². The van der Waals surface area contributed by atoms with Crippen LogP contribution in [-0.2, 0) is 14.1 Å². The Morgan fingerprint density at radius 1 is 1.20 bits per heavy atom. The maximum Gasteiger partial charge on any atom is 0.480 e. The van der Waals surface area contributed by atoms with E-state index in [1.807, 2.05) is 0 Å². The van der Waals surface area contributed by atoms with E-state index in [-0.39, 0.29) is 29.0 Å². The molecule has 0 radical (unpaired) electrons. The molecule has 1 aliphatic heterocycles. The molecule has 1 saturated heterocycles. The first-order chi connectivity index (χ1) is 14.3. The van der Waals surface area contributed by atoms with Crippen LogP contribution in [0.4, 0.5) is 0 Å². The topological polar surface area (TPSA) is 79.9 Å². The number of carbonyl (C=O) groups excluding carboxylic acids is 2. The number of rotatable bonds is 8. The van der Waals surface area contributed by atoms with Gasteiger partial charge in [-0.3, -0.25) is 14.5 Å². The zero-order valence-electron chi connectivity index (χ0n) is 17.7. The van der Waals surface area contributed by atoms with Gasteiger partial charge in [-0.2, -0.15) is 0 Å². The lowest BCUT2D eigenvalue weighted by Crippen LogP contribution is -2.54. The third-order valence-electron chi connectivity index (χ3n) is 4.81. The minimum absolute atomic E-state index is 0.188. The van der Waals surface area contributed by atoms with Crippen molar-refractivity contribution >= 4 is 42.1 Å². The predicted molar refractivity (Wildman–Crippen MR) is 120 cm³/mol. The van der Waals surface area contributed by atoms with Crippen molar-refractivity contribution in [2.45, 2.75) is 33.1 Å². The summed E-state index contributed by atoms with van der Waals surface area (Å²) in [7, 11) is -0.520. The first kappa shape index (κ1) is 24.9. The molecule has 2 rings (SSSR count). The zero-order chi connectivity index (χ0) is 22.1. The molecule has 1 aromatic carbocycles. The van der Waals surface area contributed by atoms with Gasteiger partial charge in [-0.05, 0) is 37.1 Å². The van der Waals surface area contributed by atoms with Crippen molar-refractivity contribution in [1.82, 2.24) is 15.5 Å².